The standard InChI is InChI=1S/C10H17NO3/c1-9(7-10(2)14)8-11(3-5-12)4-6-13/h5-6,9H,3-4,7-8H2,1-2H3. The summed E-state index contributed by atoms with van der Waals surface area (Å²) in [5.74, 6) is 0.321. The number of ketones is 1. The third kappa shape index (κ3) is 6.48. The predicted octanol–water partition coefficient (Wildman–Crippen LogP) is 0.301. The molecule has 4 nitrogen and oxygen atoms in total. The molecule has 0 amide bonds. The fourth-order valence-electron chi connectivity index (χ4n) is 1.43. The molecule has 0 saturated carbocycles. The van der Waals surface area contributed by atoms with Crippen molar-refractivity contribution in [3.05, 3.63) is 0 Å². The highest BCUT2D eigenvalue weighted by molar-refractivity contribution is 5.75. The molecule has 80 valence electrons. The molecule has 0 aromatic carbocycles. The third-order valence-electron chi connectivity index (χ3n) is 1.87. The molecular weight excluding hydrogens is 182 g/mol. The van der Waals surface area contributed by atoms with Gasteiger partial charge in [0, 0.05) is 13.0 Å². The van der Waals surface area contributed by atoms with Crippen LogP contribution in [0.3, 0.4) is 0 Å². The number of carbonyl (C=O) groups excluding carboxylic acids is 3. The zero-order chi connectivity index (χ0) is 11.0. The Kier molecular flexibility index (Phi) is 6.84. The van der Waals surface area contributed by atoms with E-state index in [2.05, 4.69) is 0 Å². The first-order chi connectivity index (χ1) is 6.60. The monoisotopic (exact) mass is 199 g/mol. The highest BCUT2D eigenvalue weighted by Gasteiger charge is 2.10. The number of aldehydes is 2. The van der Waals surface area contributed by atoms with Gasteiger partial charge in [-0.1, -0.05) is 6.92 Å². The van der Waals surface area contributed by atoms with E-state index in [9.17, 15) is 14.4 Å². The van der Waals surface area contributed by atoms with Gasteiger partial charge >= 0.3 is 0 Å². The maximum atomic E-state index is 10.8. The Morgan fingerprint density at radius 1 is 1.29 bits per heavy atom. The van der Waals surface area contributed by atoms with Crippen LogP contribution in [0.4, 0.5) is 0 Å². The van der Waals surface area contributed by atoms with Crippen LogP contribution in [0, 0.1) is 5.92 Å². The Balaban J connectivity index is 3.93. The fraction of sp³-hybridized carbons (Fsp3) is 0.700. The third-order valence-corrected chi connectivity index (χ3v) is 1.87. The van der Waals surface area contributed by atoms with Crippen molar-refractivity contribution < 1.29 is 14.4 Å². The van der Waals surface area contributed by atoms with Gasteiger partial charge in [0.15, 0.2) is 0 Å². The molecule has 0 spiro atoms. The number of hydrogen-bond donors (Lipinski definition) is 0. The highest BCUT2D eigenvalue weighted by atomic mass is 16.1. The van der Waals surface area contributed by atoms with E-state index < -0.39 is 0 Å². The fourth-order valence-corrected chi connectivity index (χ4v) is 1.43. The largest absolute Gasteiger partial charge is 0.302 e. The van der Waals surface area contributed by atoms with Crippen molar-refractivity contribution >= 4 is 18.4 Å². The Labute approximate surface area is 84.3 Å². The molecule has 1 atom stereocenters. The van der Waals surface area contributed by atoms with E-state index >= 15 is 0 Å². The number of hydrogen-bond acceptors (Lipinski definition) is 4. The maximum absolute atomic E-state index is 10.8. The first kappa shape index (κ1) is 13.0. The second-order valence-electron chi connectivity index (χ2n) is 3.56. The minimum Gasteiger partial charge on any atom is -0.302 e. The average molecular weight is 199 g/mol. The maximum Gasteiger partial charge on any atom is 0.133 e. The second-order valence-corrected chi connectivity index (χ2v) is 3.56. The van der Waals surface area contributed by atoms with Crippen molar-refractivity contribution in [2.24, 2.45) is 5.92 Å². The van der Waals surface area contributed by atoms with Crippen molar-refractivity contribution in [1.29, 1.82) is 0 Å². The Bertz CT molecular complexity index is 194. The summed E-state index contributed by atoms with van der Waals surface area (Å²) in [6.45, 7) is 4.59. The average Bonchev–Trinajstić information content (AvgIpc) is 2.03. The van der Waals surface area contributed by atoms with Crippen LogP contribution in [0.2, 0.25) is 0 Å². The van der Waals surface area contributed by atoms with E-state index in [1.807, 2.05) is 6.92 Å². The van der Waals surface area contributed by atoms with Crippen LogP contribution in [0.25, 0.3) is 0 Å². The summed E-state index contributed by atoms with van der Waals surface area (Å²) in [4.78, 5) is 33.1. The Morgan fingerprint density at radius 3 is 2.14 bits per heavy atom. The van der Waals surface area contributed by atoms with Crippen LogP contribution < -0.4 is 0 Å². The molecule has 0 bridgehead atoms. The van der Waals surface area contributed by atoms with Gasteiger partial charge in [0.1, 0.15) is 18.4 Å². The van der Waals surface area contributed by atoms with Gasteiger partial charge in [0.25, 0.3) is 0 Å². The molecule has 0 rings (SSSR count). The highest BCUT2D eigenvalue weighted by Crippen LogP contribution is 2.04. The van der Waals surface area contributed by atoms with Gasteiger partial charge in [0.05, 0.1) is 13.1 Å². The van der Waals surface area contributed by atoms with Crippen LogP contribution in [0.15, 0.2) is 0 Å². The molecule has 0 aliphatic carbocycles. The van der Waals surface area contributed by atoms with E-state index in [0.717, 1.165) is 12.6 Å². The van der Waals surface area contributed by atoms with Gasteiger partial charge in [-0.05, 0) is 12.8 Å². The molecule has 0 fully saturated rings. The summed E-state index contributed by atoms with van der Waals surface area (Å²) < 4.78 is 0. The molecule has 0 aromatic rings. The minimum absolute atomic E-state index is 0.134. The van der Waals surface area contributed by atoms with Gasteiger partial charge in [-0.3, -0.25) is 4.90 Å². The summed E-state index contributed by atoms with van der Waals surface area (Å²) in [6.07, 6.45) is 2.03. The van der Waals surface area contributed by atoms with Crippen molar-refractivity contribution in [2.45, 2.75) is 20.3 Å². The molecule has 0 aliphatic heterocycles. The van der Waals surface area contributed by atoms with Crippen LogP contribution in [0.5, 0.6) is 0 Å². The van der Waals surface area contributed by atoms with Gasteiger partial charge in [-0.2, -0.15) is 0 Å². The molecule has 0 aliphatic rings. The van der Waals surface area contributed by atoms with Crippen molar-refractivity contribution in [3.8, 4) is 0 Å². The summed E-state index contributed by atoms with van der Waals surface area (Å²) >= 11 is 0. The lowest BCUT2D eigenvalue weighted by Gasteiger charge is -2.20. The molecule has 14 heavy (non-hydrogen) atoms. The van der Waals surface area contributed by atoms with Gasteiger partial charge in [0.2, 0.25) is 0 Å². The van der Waals surface area contributed by atoms with E-state index in [1.165, 1.54) is 0 Å². The zero-order valence-corrected chi connectivity index (χ0v) is 8.73. The van der Waals surface area contributed by atoms with Crippen molar-refractivity contribution in [1.82, 2.24) is 4.90 Å². The molecule has 0 radical (unpaired) electrons. The Hall–Kier alpha value is -1.03. The SMILES string of the molecule is CC(=O)CC(C)CN(CC=O)CC=O. The molecule has 0 heterocycles. The lowest BCUT2D eigenvalue weighted by Crippen LogP contribution is -2.32. The summed E-state index contributed by atoms with van der Waals surface area (Å²) in [7, 11) is 0. The molecule has 0 saturated heterocycles. The van der Waals surface area contributed by atoms with Gasteiger partial charge in [-0.15, -0.1) is 0 Å². The topological polar surface area (TPSA) is 54.5 Å². The second kappa shape index (κ2) is 7.38. The minimum atomic E-state index is 0.134. The lowest BCUT2D eigenvalue weighted by atomic mass is 10.1. The Morgan fingerprint density at radius 2 is 1.79 bits per heavy atom. The lowest BCUT2D eigenvalue weighted by molar-refractivity contribution is -0.117. The van der Waals surface area contributed by atoms with Crippen LogP contribution in [-0.2, 0) is 14.4 Å². The zero-order valence-electron chi connectivity index (χ0n) is 8.73. The van der Waals surface area contributed by atoms with E-state index in [-0.39, 0.29) is 24.8 Å². The molecule has 0 N–H and O–H groups in total. The molecule has 0 aromatic heterocycles. The van der Waals surface area contributed by atoms with E-state index in [0.29, 0.717) is 13.0 Å². The summed E-state index contributed by atoms with van der Waals surface area (Å²) in [5, 5.41) is 0. The number of carbonyl (C=O) groups is 3. The van der Waals surface area contributed by atoms with Crippen LogP contribution in [-0.4, -0.2) is 42.9 Å². The van der Waals surface area contributed by atoms with E-state index in [1.54, 1.807) is 11.8 Å². The quantitative estimate of drug-likeness (QED) is 0.528. The summed E-state index contributed by atoms with van der Waals surface area (Å²) in [6, 6.07) is 0. The van der Waals surface area contributed by atoms with Crippen LogP contribution >= 0.6 is 0 Å². The molecule has 1 unspecified atom stereocenters. The number of nitrogens with zero attached hydrogens (tertiary/aromatic N) is 1. The normalized spacial score (nSPS) is 12.5. The van der Waals surface area contributed by atoms with Crippen molar-refractivity contribution in [2.75, 3.05) is 19.6 Å². The number of Topliss-reactive ketones (excluding diaryl/α,β-unsaturated/α-hetero) is 1. The van der Waals surface area contributed by atoms with Crippen LogP contribution in [0.1, 0.15) is 20.3 Å². The van der Waals surface area contributed by atoms with Gasteiger partial charge in [-0.25, -0.2) is 0 Å². The predicted molar refractivity (Wildman–Crippen MR) is 53.0 cm³/mol. The first-order valence-corrected chi connectivity index (χ1v) is 4.69. The van der Waals surface area contributed by atoms with Gasteiger partial charge < -0.3 is 14.4 Å². The van der Waals surface area contributed by atoms with E-state index in [4.69, 9.17) is 0 Å². The first-order valence-electron chi connectivity index (χ1n) is 4.69. The molecule has 4 heteroatoms. The molecular formula is C10H17NO3. The van der Waals surface area contributed by atoms with Crippen molar-refractivity contribution in [3.63, 3.8) is 0 Å². The summed E-state index contributed by atoms with van der Waals surface area (Å²) in [5.41, 5.74) is 0. The number of rotatable bonds is 8. The smallest absolute Gasteiger partial charge is 0.133 e.